The summed E-state index contributed by atoms with van der Waals surface area (Å²) in [5.74, 6) is 0. The lowest BCUT2D eigenvalue weighted by atomic mass is 9.92. The van der Waals surface area contributed by atoms with Gasteiger partial charge in [-0.3, -0.25) is 4.98 Å². The van der Waals surface area contributed by atoms with Crippen molar-refractivity contribution in [3.63, 3.8) is 0 Å². The molecule has 0 aliphatic heterocycles. The second-order valence-corrected chi connectivity index (χ2v) is 13.5. The molecule has 0 N–H and O–H groups in total. The fourth-order valence-corrected chi connectivity index (χ4v) is 8.62. The van der Waals surface area contributed by atoms with Gasteiger partial charge in [0.05, 0.1) is 27.8 Å². The number of pyridine rings is 1. The molecule has 3 aromatic heterocycles. The first-order valence-corrected chi connectivity index (χ1v) is 17.6. The number of para-hydroxylation sites is 3. The molecule has 51 heavy (non-hydrogen) atoms. The van der Waals surface area contributed by atoms with Gasteiger partial charge in [-0.2, -0.15) is 0 Å². The lowest BCUT2D eigenvalue weighted by Gasteiger charge is -2.14. The largest absolute Gasteiger partial charge is 0.309 e. The van der Waals surface area contributed by atoms with Gasteiger partial charge in [-0.1, -0.05) is 97.1 Å². The Hall–Kier alpha value is -6.71. The standard InChI is InChI=1S/C48H31N3/c1-2-15-34(16-3-1)50-43-22-8-6-19-37(43)47-45(50)24-25-46-48(47)38-20-7-9-23-44(38)51(46)35-17-12-14-31(27-35)33-29-39-36-18-5-4-13-32(36)28-40(39)41(30-33)42-21-10-11-26-49-42/h1-27,29-30H,28H2. The molecule has 7 aromatic carbocycles. The maximum absolute atomic E-state index is 4.81. The van der Waals surface area contributed by atoms with Crippen LogP contribution in [0.5, 0.6) is 0 Å². The first-order chi connectivity index (χ1) is 25.3. The SMILES string of the molecule is c1ccc(-n2c3ccccc3c3c4c5ccccc5n(-c5cccc(-c6cc(-c7ccccn7)c7c(c6)-c6ccccc6C7)c5)c4ccc32)cc1. The summed E-state index contributed by atoms with van der Waals surface area (Å²) in [5, 5.41) is 5.09. The van der Waals surface area contributed by atoms with Crippen molar-refractivity contribution in [1.82, 2.24) is 14.1 Å². The number of nitrogens with zero attached hydrogens (tertiary/aromatic N) is 3. The van der Waals surface area contributed by atoms with Gasteiger partial charge in [0.1, 0.15) is 0 Å². The molecule has 3 heterocycles. The van der Waals surface area contributed by atoms with Crippen LogP contribution in [-0.4, -0.2) is 14.1 Å². The molecule has 0 bridgehead atoms. The van der Waals surface area contributed by atoms with E-state index < -0.39 is 0 Å². The van der Waals surface area contributed by atoms with Crippen molar-refractivity contribution in [2.75, 3.05) is 0 Å². The summed E-state index contributed by atoms with van der Waals surface area (Å²) >= 11 is 0. The number of hydrogen-bond acceptors (Lipinski definition) is 1. The van der Waals surface area contributed by atoms with E-state index in [1.165, 1.54) is 88.2 Å². The fourth-order valence-electron chi connectivity index (χ4n) is 8.62. The Balaban J connectivity index is 1.16. The summed E-state index contributed by atoms with van der Waals surface area (Å²) in [6.07, 6.45) is 2.82. The second-order valence-electron chi connectivity index (χ2n) is 13.5. The quantitative estimate of drug-likeness (QED) is 0.186. The zero-order valence-corrected chi connectivity index (χ0v) is 27.8. The summed E-state index contributed by atoms with van der Waals surface area (Å²) in [6, 6.07) is 61.8. The van der Waals surface area contributed by atoms with Crippen molar-refractivity contribution in [2.45, 2.75) is 6.42 Å². The molecule has 0 fully saturated rings. The fraction of sp³-hybridized carbons (Fsp3) is 0.0208. The molecule has 11 rings (SSSR count). The number of fused-ring (bicyclic) bond motifs is 10. The van der Waals surface area contributed by atoms with Gasteiger partial charge in [-0.15, -0.1) is 0 Å². The monoisotopic (exact) mass is 649 g/mol. The molecule has 0 amide bonds. The van der Waals surface area contributed by atoms with E-state index in [4.69, 9.17) is 4.98 Å². The molecule has 238 valence electrons. The van der Waals surface area contributed by atoms with Gasteiger partial charge in [0.25, 0.3) is 0 Å². The van der Waals surface area contributed by atoms with E-state index in [1.54, 1.807) is 0 Å². The normalized spacial score (nSPS) is 12.2. The summed E-state index contributed by atoms with van der Waals surface area (Å²) in [5.41, 5.74) is 17.1. The third kappa shape index (κ3) is 4.15. The van der Waals surface area contributed by atoms with E-state index in [0.717, 1.165) is 17.8 Å². The minimum atomic E-state index is 0.925. The Kier molecular flexibility index (Phi) is 6.02. The van der Waals surface area contributed by atoms with Crippen LogP contribution in [0.25, 0.3) is 88.5 Å². The number of hydrogen-bond donors (Lipinski definition) is 0. The van der Waals surface area contributed by atoms with Gasteiger partial charge in [0.2, 0.25) is 0 Å². The third-order valence-corrected chi connectivity index (χ3v) is 10.8. The Labute approximate surface area is 295 Å². The van der Waals surface area contributed by atoms with Crippen molar-refractivity contribution in [3.8, 4) is 44.9 Å². The van der Waals surface area contributed by atoms with Crippen LogP contribution in [0.3, 0.4) is 0 Å². The van der Waals surface area contributed by atoms with E-state index >= 15 is 0 Å². The highest BCUT2D eigenvalue weighted by Crippen LogP contribution is 2.45. The minimum absolute atomic E-state index is 0.925. The van der Waals surface area contributed by atoms with Crippen LogP contribution in [0, 0.1) is 0 Å². The van der Waals surface area contributed by atoms with Crippen molar-refractivity contribution in [3.05, 3.63) is 187 Å². The van der Waals surface area contributed by atoms with Crippen LogP contribution in [0.15, 0.2) is 176 Å². The highest BCUT2D eigenvalue weighted by atomic mass is 15.0. The molecule has 0 saturated carbocycles. The van der Waals surface area contributed by atoms with E-state index in [1.807, 2.05) is 12.3 Å². The molecule has 1 aliphatic rings. The van der Waals surface area contributed by atoms with Gasteiger partial charge < -0.3 is 9.13 Å². The molecule has 1 aliphatic carbocycles. The highest BCUT2D eigenvalue weighted by molar-refractivity contribution is 6.28. The molecule has 0 atom stereocenters. The van der Waals surface area contributed by atoms with Crippen molar-refractivity contribution < 1.29 is 0 Å². The zero-order chi connectivity index (χ0) is 33.5. The van der Waals surface area contributed by atoms with E-state index in [2.05, 4.69) is 173 Å². The van der Waals surface area contributed by atoms with Crippen LogP contribution in [-0.2, 0) is 6.42 Å². The smallest absolute Gasteiger partial charge is 0.0705 e. The molecule has 0 spiro atoms. The average Bonchev–Trinajstić information content (AvgIpc) is 3.86. The molecule has 3 heteroatoms. The van der Waals surface area contributed by atoms with Gasteiger partial charge in [0.15, 0.2) is 0 Å². The van der Waals surface area contributed by atoms with Crippen LogP contribution >= 0.6 is 0 Å². The number of aromatic nitrogens is 3. The maximum atomic E-state index is 4.81. The van der Waals surface area contributed by atoms with Crippen molar-refractivity contribution >= 4 is 43.6 Å². The Morgan fingerprint density at radius 2 is 1.04 bits per heavy atom. The Morgan fingerprint density at radius 3 is 1.78 bits per heavy atom. The van der Waals surface area contributed by atoms with Crippen LogP contribution in [0.2, 0.25) is 0 Å². The molecule has 10 aromatic rings. The lowest BCUT2D eigenvalue weighted by Crippen LogP contribution is -1.96. The summed E-state index contributed by atoms with van der Waals surface area (Å²) in [4.78, 5) is 4.81. The Morgan fingerprint density at radius 1 is 0.412 bits per heavy atom. The molecular weight excluding hydrogens is 619 g/mol. The zero-order valence-electron chi connectivity index (χ0n) is 27.8. The second kappa shape index (κ2) is 10.9. The molecule has 0 unspecified atom stereocenters. The topological polar surface area (TPSA) is 22.8 Å². The Bertz CT molecular complexity index is 2980. The van der Waals surface area contributed by atoms with Crippen LogP contribution in [0.4, 0.5) is 0 Å². The summed E-state index contributed by atoms with van der Waals surface area (Å²) < 4.78 is 4.85. The minimum Gasteiger partial charge on any atom is -0.309 e. The molecular formula is C48H31N3. The molecule has 0 saturated heterocycles. The average molecular weight is 650 g/mol. The van der Waals surface area contributed by atoms with Gasteiger partial charge in [-0.25, -0.2) is 0 Å². The van der Waals surface area contributed by atoms with E-state index in [0.29, 0.717) is 0 Å². The predicted molar refractivity (Wildman–Crippen MR) is 212 cm³/mol. The number of rotatable bonds is 4. The van der Waals surface area contributed by atoms with E-state index in [9.17, 15) is 0 Å². The van der Waals surface area contributed by atoms with E-state index in [-0.39, 0.29) is 0 Å². The highest BCUT2D eigenvalue weighted by Gasteiger charge is 2.24. The summed E-state index contributed by atoms with van der Waals surface area (Å²) in [7, 11) is 0. The van der Waals surface area contributed by atoms with Gasteiger partial charge in [-0.05, 0) is 113 Å². The van der Waals surface area contributed by atoms with Crippen LogP contribution < -0.4 is 0 Å². The third-order valence-electron chi connectivity index (χ3n) is 10.8. The summed E-state index contributed by atoms with van der Waals surface area (Å²) in [6.45, 7) is 0. The van der Waals surface area contributed by atoms with Gasteiger partial charge >= 0.3 is 0 Å². The van der Waals surface area contributed by atoms with Crippen molar-refractivity contribution in [1.29, 1.82) is 0 Å². The number of benzene rings is 7. The predicted octanol–water partition coefficient (Wildman–Crippen LogP) is 12.2. The van der Waals surface area contributed by atoms with Crippen molar-refractivity contribution in [2.24, 2.45) is 0 Å². The van der Waals surface area contributed by atoms with Gasteiger partial charge in [0, 0.05) is 44.7 Å². The molecule has 3 nitrogen and oxygen atoms in total. The van der Waals surface area contributed by atoms with Crippen LogP contribution in [0.1, 0.15) is 11.1 Å². The maximum Gasteiger partial charge on any atom is 0.0705 e. The first kappa shape index (κ1) is 28.2. The molecule has 0 radical (unpaired) electrons. The lowest BCUT2D eigenvalue weighted by molar-refractivity contribution is 1.17. The first-order valence-electron chi connectivity index (χ1n) is 17.6.